The summed E-state index contributed by atoms with van der Waals surface area (Å²) in [6, 6.07) is 1.88. The van der Waals surface area contributed by atoms with Crippen molar-refractivity contribution < 1.29 is 9.53 Å². The molecule has 25 heavy (non-hydrogen) atoms. The Balaban J connectivity index is 1.87. The number of nitrogens with one attached hydrogen (secondary N) is 1. The van der Waals surface area contributed by atoms with Gasteiger partial charge in [0.25, 0.3) is 5.56 Å². The summed E-state index contributed by atoms with van der Waals surface area (Å²) < 4.78 is 5.52. The lowest BCUT2D eigenvalue weighted by Crippen LogP contribution is -2.17. The Bertz CT molecular complexity index is 1010. The van der Waals surface area contributed by atoms with Crippen LogP contribution in [0, 0.1) is 20.8 Å². The maximum Gasteiger partial charge on any atom is 0.349 e. The number of esters is 1. The monoisotopic (exact) mass is 376 g/mol. The standard InChI is InChI=1S/C18H20N2O3S2/c1-6-12-7-13(24-11(12)5)18(22)23-9(3)15-19-16(21)14-8(2)10(4)25-17(14)20-15/h7,9H,6H2,1-5H3,(H,19,20,21)/t9-/m1/s1. The normalized spacial score (nSPS) is 12.5. The van der Waals surface area contributed by atoms with E-state index in [0.717, 1.165) is 27.3 Å². The van der Waals surface area contributed by atoms with Gasteiger partial charge in [-0.25, -0.2) is 9.78 Å². The van der Waals surface area contributed by atoms with Crippen LogP contribution < -0.4 is 5.56 Å². The van der Waals surface area contributed by atoms with Gasteiger partial charge in [-0.2, -0.15) is 0 Å². The molecule has 0 bridgehead atoms. The van der Waals surface area contributed by atoms with E-state index in [0.29, 0.717) is 20.9 Å². The molecule has 132 valence electrons. The third-order valence-corrected chi connectivity index (χ3v) is 6.50. The van der Waals surface area contributed by atoms with Crippen molar-refractivity contribution in [2.75, 3.05) is 0 Å². The summed E-state index contributed by atoms with van der Waals surface area (Å²) in [6.07, 6.45) is 0.258. The zero-order valence-electron chi connectivity index (χ0n) is 14.9. The summed E-state index contributed by atoms with van der Waals surface area (Å²) in [5, 5.41) is 0.617. The molecule has 0 amide bonds. The predicted molar refractivity (Wildman–Crippen MR) is 102 cm³/mol. The molecule has 0 unspecified atom stereocenters. The number of rotatable bonds is 4. The Hall–Kier alpha value is -1.99. The summed E-state index contributed by atoms with van der Waals surface area (Å²) in [5.74, 6) is -0.0160. The molecule has 3 aromatic heterocycles. The summed E-state index contributed by atoms with van der Waals surface area (Å²) in [5.41, 5.74) is 1.91. The Labute approximate surface area is 153 Å². The van der Waals surface area contributed by atoms with Crippen LogP contribution in [-0.4, -0.2) is 15.9 Å². The first kappa shape index (κ1) is 17.8. The van der Waals surface area contributed by atoms with Crippen LogP contribution in [0.15, 0.2) is 10.9 Å². The number of H-pyrrole nitrogens is 1. The molecule has 0 aliphatic heterocycles. The van der Waals surface area contributed by atoms with Crippen LogP contribution in [0.2, 0.25) is 0 Å². The van der Waals surface area contributed by atoms with Crippen molar-refractivity contribution in [1.82, 2.24) is 9.97 Å². The number of aromatic nitrogens is 2. The molecule has 1 atom stereocenters. The first-order valence-corrected chi connectivity index (χ1v) is 9.75. The molecular weight excluding hydrogens is 356 g/mol. The van der Waals surface area contributed by atoms with Crippen LogP contribution in [0.5, 0.6) is 0 Å². The van der Waals surface area contributed by atoms with Crippen LogP contribution in [0.3, 0.4) is 0 Å². The molecule has 0 saturated heterocycles. The summed E-state index contributed by atoms with van der Waals surface area (Å²) in [4.78, 5) is 35.4. The van der Waals surface area contributed by atoms with Gasteiger partial charge < -0.3 is 9.72 Å². The summed E-state index contributed by atoms with van der Waals surface area (Å²) in [6.45, 7) is 9.66. The van der Waals surface area contributed by atoms with Crippen molar-refractivity contribution in [2.24, 2.45) is 0 Å². The van der Waals surface area contributed by atoms with Gasteiger partial charge in [0, 0.05) is 9.75 Å². The van der Waals surface area contributed by atoms with Gasteiger partial charge in [0.15, 0.2) is 11.9 Å². The van der Waals surface area contributed by atoms with Gasteiger partial charge >= 0.3 is 5.97 Å². The van der Waals surface area contributed by atoms with Gasteiger partial charge in [-0.15, -0.1) is 22.7 Å². The van der Waals surface area contributed by atoms with Crippen molar-refractivity contribution in [3.05, 3.63) is 48.0 Å². The predicted octanol–water partition coefficient (Wildman–Crippen LogP) is 4.45. The van der Waals surface area contributed by atoms with E-state index < -0.39 is 6.10 Å². The Morgan fingerprint density at radius 3 is 2.64 bits per heavy atom. The number of fused-ring (bicyclic) bond motifs is 1. The van der Waals surface area contributed by atoms with Crippen LogP contribution in [0.1, 0.15) is 56.3 Å². The molecule has 3 rings (SSSR count). The Kier molecular flexibility index (Phi) is 4.79. The van der Waals surface area contributed by atoms with Gasteiger partial charge in [0.1, 0.15) is 9.71 Å². The molecule has 0 aromatic carbocycles. The quantitative estimate of drug-likeness (QED) is 0.683. The Morgan fingerprint density at radius 1 is 1.28 bits per heavy atom. The molecule has 0 radical (unpaired) electrons. The Morgan fingerprint density at radius 2 is 2.00 bits per heavy atom. The SMILES string of the molecule is CCc1cc(C(=O)O[C@H](C)c2nc3sc(C)c(C)c3c(=O)[nH]2)sc1C. The highest BCUT2D eigenvalue weighted by molar-refractivity contribution is 7.18. The molecule has 5 nitrogen and oxygen atoms in total. The van der Waals surface area contributed by atoms with Crippen molar-refractivity contribution in [3.8, 4) is 0 Å². The minimum absolute atomic E-state index is 0.190. The fourth-order valence-electron chi connectivity index (χ4n) is 2.71. The lowest BCUT2D eigenvalue weighted by molar-refractivity contribution is 0.0326. The third-order valence-electron chi connectivity index (χ3n) is 4.33. The number of ether oxygens (including phenoxy) is 1. The first-order chi connectivity index (χ1) is 11.8. The lowest BCUT2D eigenvalue weighted by atomic mass is 10.2. The maximum atomic E-state index is 12.4. The van der Waals surface area contributed by atoms with Gasteiger partial charge in [0.05, 0.1) is 5.39 Å². The van der Waals surface area contributed by atoms with Crippen LogP contribution in [0.25, 0.3) is 10.2 Å². The number of hydrogen-bond acceptors (Lipinski definition) is 6. The van der Waals surface area contributed by atoms with E-state index in [4.69, 9.17) is 4.74 Å². The molecule has 0 aliphatic carbocycles. The van der Waals surface area contributed by atoms with Crippen LogP contribution >= 0.6 is 22.7 Å². The van der Waals surface area contributed by atoms with Crippen molar-refractivity contribution in [3.63, 3.8) is 0 Å². The van der Waals surface area contributed by atoms with E-state index >= 15 is 0 Å². The van der Waals surface area contributed by atoms with Gasteiger partial charge in [0.2, 0.25) is 0 Å². The minimum atomic E-state index is -0.625. The second kappa shape index (κ2) is 6.72. The zero-order valence-corrected chi connectivity index (χ0v) is 16.5. The highest BCUT2D eigenvalue weighted by Crippen LogP contribution is 2.28. The molecule has 0 aliphatic rings. The fraction of sp³-hybridized carbons (Fsp3) is 0.389. The number of carbonyl (C=O) groups excluding carboxylic acids is 1. The van der Waals surface area contributed by atoms with Gasteiger partial charge in [-0.1, -0.05) is 6.92 Å². The van der Waals surface area contributed by atoms with E-state index in [9.17, 15) is 9.59 Å². The first-order valence-electron chi connectivity index (χ1n) is 8.12. The summed E-state index contributed by atoms with van der Waals surface area (Å²) in [7, 11) is 0. The fourth-order valence-corrected chi connectivity index (χ4v) is 4.74. The molecule has 7 heteroatoms. The topological polar surface area (TPSA) is 72.0 Å². The number of hydrogen-bond donors (Lipinski definition) is 1. The van der Waals surface area contributed by atoms with E-state index in [1.54, 1.807) is 6.92 Å². The largest absolute Gasteiger partial charge is 0.450 e. The minimum Gasteiger partial charge on any atom is -0.450 e. The van der Waals surface area contributed by atoms with Crippen LogP contribution in [0.4, 0.5) is 0 Å². The molecule has 1 N–H and O–H groups in total. The smallest absolute Gasteiger partial charge is 0.349 e. The molecule has 3 heterocycles. The van der Waals surface area contributed by atoms with E-state index in [1.165, 1.54) is 22.7 Å². The van der Waals surface area contributed by atoms with Crippen molar-refractivity contribution >= 4 is 38.9 Å². The second-order valence-electron chi connectivity index (χ2n) is 6.01. The number of carbonyl (C=O) groups is 1. The number of aryl methyl sites for hydroxylation is 4. The van der Waals surface area contributed by atoms with Gasteiger partial charge in [-0.3, -0.25) is 4.79 Å². The number of aromatic amines is 1. The second-order valence-corrected chi connectivity index (χ2v) is 8.47. The molecule has 0 fully saturated rings. The average Bonchev–Trinajstić information content (AvgIpc) is 3.07. The van der Waals surface area contributed by atoms with Gasteiger partial charge in [-0.05, 0) is 51.3 Å². The molecule has 0 saturated carbocycles. The molecule has 3 aromatic rings. The lowest BCUT2D eigenvalue weighted by Gasteiger charge is -2.11. The molecular formula is C18H20N2O3S2. The molecule has 0 spiro atoms. The van der Waals surface area contributed by atoms with E-state index in [-0.39, 0.29) is 11.5 Å². The summed E-state index contributed by atoms with van der Waals surface area (Å²) >= 11 is 2.91. The third kappa shape index (κ3) is 3.26. The maximum absolute atomic E-state index is 12.4. The zero-order chi connectivity index (χ0) is 18.3. The average molecular weight is 377 g/mol. The number of nitrogens with zero attached hydrogens (tertiary/aromatic N) is 1. The number of thiophene rings is 2. The van der Waals surface area contributed by atoms with Crippen LogP contribution in [-0.2, 0) is 11.2 Å². The highest BCUT2D eigenvalue weighted by Gasteiger charge is 2.20. The van der Waals surface area contributed by atoms with Crippen molar-refractivity contribution in [1.29, 1.82) is 0 Å². The highest BCUT2D eigenvalue weighted by atomic mass is 32.1. The van der Waals surface area contributed by atoms with E-state index in [1.807, 2.05) is 26.8 Å². The van der Waals surface area contributed by atoms with E-state index in [2.05, 4.69) is 16.9 Å². The van der Waals surface area contributed by atoms with Crippen molar-refractivity contribution in [2.45, 2.75) is 47.1 Å².